The van der Waals surface area contributed by atoms with Crippen molar-refractivity contribution in [3.63, 3.8) is 0 Å². The molecule has 0 heterocycles. The maximum absolute atomic E-state index is 10.9. The van der Waals surface area contributed by atoms with Crippen molar-refractivity contribution in [1.82, 2.24) is 0 Å². The number of aliphatic carboxylic acids is 1. The van der Waals surface area contributed by atoms with Gasteiger partial charge in [-0.2, -0.15) is 0 Å². The van der Waals surface area contributed by atoms with Crippen LogP contribution in [-0.2, 0) is 16.6 Å². The molecule has 0 spiro atoms. The molecule has 104 valence electrons. The molecule has 0 radical (unpaired) electrons. The minimum absolute atomic E-state index is 0.176. The number of carboxylic acids is 1. The van der Waals surface area contributed by atoms with Crippen LogP contribution in [0.15, 0.2) is 24.3 Å². The highest BCUT2D eigenvalue weighted by Crippen LogP contribution is 2.40. The van der Waals surface area contributed by atoms with E-state index in [0.717, 1.165) is 6.42 Å². The third kappa shape index (κ3) is 4.09. The third-order valence-corrected chi connectivity index (χ3v) is 4.04. The van der Waals surface area contributed by atoms with Gasteiger partial charge in [0.1, 0.15) is 0 Å². The molecule has 19 heavy (non-hydrogen) atoms. The van der Waals surface area contributed by atoms with Gasteiger partial charge in [0, 0.05) is 6.42 Å². The minimum atomic E-state index is -0.664. The summed E-state index contributed by atoms with van der Waals surface area (Å²) in [4.78, 5) is 10.9. The molecule has 1 unspecified atom stereocenters. The maximum Gasteiger partial charge on any atom is 0.303 e. The van der Waals surface area contributed by atoms with E-state index in [1.165, 1.54) is 24.0 Å². The quantitative estimate of drug-likeness (QED) is 0.868. The lowest BCUT2D eigenvalue weighted by Gasteiger charge is -2.20. The van der Waals surface area contributed by atoms with Gasteiger partial charge in [-0.15, -0.1) is 0 Å². The van der Waals surface area contributed by atoms with Gasteiger partial charge in [-0.05, 0) is 47.6 Å². The number of benzene rings is 1. The van der Waals surface area contributed by atoms with Crippen molar-refractivity contribution in [2.75, 3.05) is 0 Å². The van der Waals surface area contributed by atoms with Crippen LogP contribution in [0.25, 0.3) is 0 Å². The second-order valence-corrected chi connectivity index (χ2v) is 6.85. The normalized spacial score (nSPS) is 17.2. The van der Waals surface area contributed by atoms with Crippen molar-refractivity contribution < 1.29 is 9.90 Å². The van der Waals surface area contributed by atoms with Crippen LogP contribution >= 0.6 is 0 Å². The maximum atomic E-state index is 10.9. The van der Waals surface area contributed by atoms with Gasteiger partial charge in [0.05, 0.1) is 0 Å². The van der Waals surface area contributed by atoms with E-state index in [0.29, 0.717) is 18.3 Å². The van der Waals surface area contributed by atoms with Gasteiger partial charge in [0.25, 0.3) is 0 Å². The molecule has 0 aromatic heterocycles. The fraction of sp³-hybridized carbons (Fsp3) is 0.588. The number of carboxylic acid groups (broad SMARTS) is 1. The zero-order valence-electron chi connectivity index (χ0n) is 12.1. The molecule has 0 aliphatic heterocycles. The average molecular weight is 260 g/mol. The van der Waals surface area contributed by atoms with Gasteiger partial charge in [-0.25, -0.2) is 0 Å². The van der Waals surface area contributed by atoms with Crippen LogP contribution in [0.5, 0.6) is 0 Å². The predicted octanol–water partition coefficient (Wildman–Crippen LogP) is 4.03. The molecular weight excluding hydrogens is 236 g/mol. The van der Waals surface area contributed by atoms with E-state index in [4.69, 9.17) is 5.11 Å². The molecule has 1 aliphatic rings. The lowest BCUT2D eigenvalue weighted by Crippen LogP contribution is -2.14. The molecule has 1 aliphatic carbocycles. The molecule has 1 aromatic rings. The first-order valence-electron chi connectivity index (χ1n) is 7.17. The molecule has 2 nitrogen and oxygen atoms in total. The van der Waals surface area contributed by atoms with Crippen LogP contribution in [0.2, 0.25) is 0 Å². The molecule has 1 atom stereocenters. The summed E-state index contributed by atoms with van der Waals surface area (Å²) in [6.07, 6.45) is 3.63. The summed E-state index contributed by atoms with van der Waals surface area (Å²) in [5.41, 5.74) is 2.78. The van der Waals surface area contributed by atoms with E-state index in [1.54, 1.807) is 0 Å². The second kappa shape index (κ2) is 5.36. The molecule has 0 bridgehead atoms. The Morgan fingerprint density at radius 1 is 1.26 bits per heavy atom. The molecular formula is C17H24O2. The summed E-state index contributed by atoms with van der Waals surface area (Å²) in [5, 5.41) is 8.99. The largest absolute Gasteiger partial charge is 0.481 e. The van der Waals surface area contributed by atoms with E-state index >= 15 is 0 Å². The summed E-state index contributed by atoms with van der Waals surface area (Å²) < 4.78 is 0. The smallest absolute Gasteiger partial charge is 0.303 e. The monoisotopic (exact) mass is 260 g/mol. The first-order valence-corrected chi connectivity index (χ1v) is 7.17. The Bertz CT molecular complexity index is 435. The highest BCUT2D eigenvalue weighted by Gasteiger charge is 2.32. The lowest BCUT2D eigenvalue weighted by molar-refractivity contribution is -0.138. The average Bonchev–Trinajstić information content (AvgIpc) is 3.10. The van der Waals surface area contributed by atoms with Crippen LogP contribution in [0, 0.1) is 11.8 Å². The molecule has 1 aromatic carbocycles. The molecule has 0 saturated heterocycles. The molecule has 2 rings (SSSR count). The van der Waals surface area contributed by atoms with Crippen molar-refractivity contribution in [1.29, 1.82) is 0 Å². The van der Waals surface area contributed by atoms with Gasteiger partial charge in [-0.1, -0.05) is 45.0 Å². The van der Waals surface area contributed by atoms with Crippen LogP contribution in [0.1, 0.15) is 51.2 Å². The van der Waals surface area contributed by atoms with Gasteiger partial charge >= 0.3 is 5.97 Å². The van der Waals surface area contributed by atoms with Crippen molar-refractivity contribution >= 4 is 5.97 Å². The van der Waals surface area contributed by atoms with E-state index in [2.05, 4.69) is 45.0 Å². The van der Waals surface area contributed by atoms with Crippen molar-refractivity contribution in [2.45, 2.75) is 51.9 Å². The zero-order chi connectivity index (χ0) is 14.0. The summed E-state index contributed by atoms with van der Waals surface area (Å²) in [5.74, 6) is 0.291. The van der Waals surface area contributed by atoms with Crippen LogP contribution < -0.4 is 0 Å². The van der Waals surface area contributed by atoms with Crippen molar-refractivity contribution in [3.8, 4) is 0 Å². The summed E-state index contributed by atoms with van der Waals surface area (Å²) >= 11 is 0. The number of rotatable bonds is 5. The lowest BCUT2D eigenvalue weighted by atomic mass is 9.85. The van der Waals surface area contributed by atoms with Gasteiger partial charge < -0.3 is 5.11 Å². The zero-order valence-corrected chi connectivity index (χ0v) is 12.1. The van der Waals surface area contributed by atoms with Crippen LogP contribution in [0.3, 0.4) is 0 Å². The molecule has 0 amide bonds. The molecule has 1 fully saturated rings. The van der Waals surface area contributed by atoms with E-state index in [-0.39, 0.29) is 5.41 Å². The minimum Gasteiger partial charge on any atom is -0.481 e. The second-order valence-electron chi connectivity index (χ2n) is 6.85. The fourth-order valence-electron chi connectivity index (χ4n) is 2.64. The number of hydrogen-bond acceptors (Lipinski definition) is 1. The molecule has 1 N–H and O–H groups in total. The molecule has 2 heteroatoms. The highest BCUT2D eigenvalue weighted by molar-refractivity contribution is 5.67. The van der Waals surface area contributed by atoms with Crippen molar-refractivity contribution in [2.24, 2.45) is 11.8 Å². The highest BCUT2D eigenvalue weighted by atomic mass is 16.4. The third-order valence-electron chi connectivity index (χ3n) is 4.04. The van der Waals surface area contributed by atoms with Crippen LogP contribution in [0.4, 0.5) is 0 Å². The van der Waals surface area contributed by atoms with Crippen molar-refractivity contribution in [3.05, 3.63) is 35.4 Å². The Morgan fingerprint density at radius 2 is 1.84 bits per heavy atom. The first-order chi connectivity index (χ1) is 8.86. The van der Waals surface area contributed by atoms with Crippen LogP contribution in [-0.4, -0.2) is 11.1 Å². The Balaban J connectivity index is 2.03. The van der Waals surface area contributed by atoms with E-state index < -0.39 is 5.97 Å². The van der Waals surface area contributed by atoms with E-state index in [1.807, 2.05) is 0 Å². The Hall–Kier alpha value is -1.31. The SMILES string of the molecule is CC(C)(C)c1ccc(CC(CC(=O)O)C2CC2)cc1. The number of hydrogen-bond donors (Lipinski definition) is 1. The van der Waals surface area contributed by atoms with Gasteiger partial charge in [0.15, 0.2) is 0 Å². The summed E-state index contributed by atoms with van der Waals surface area (Å²) in [6.45, 7) is 6.62. The number of carbonyl (C=O) groups is 1. The molecule has 1 saturated carbocycles. The predicted molar refractivity (Wildman–Crippen MR) is 77.3 cm³/mol. The van der Waals surface area contributed by atoms with Gasteiger partial charge in [0.2, 0.25) is 0 Å². The standard InChI is InChI=1S/C17H24O2/c1-17(2,3)15-8-4-12(5-9-15)10-14(11-16(18)19)13-6-7-13/h4-5,8-9,13-14H,6-7,10-11H2,1-3H3,(H,18,19). The summed E-state index contributed by atoms with van der Waals surface area (Å²) in [7, 11) is 0. The first kappa shape index (κ1) is 14.1. The fourth-order valence-corrected chi connectivity index (χ4v) is 2.64. The summed E-state index contributed by atoms with van der Waals surface area (Å²) in [6, 6.07) is 8.69. The van der Waals surface area contributed by atoms with Gasteiger partial charge in [-0.3, -0.25) is 4.79 Å². The topological polar surface area (TPSA) is 37.3 Å². The Labute approximate surface area is 115 Å². The Morgan fingerprint density at radius 3 is 2.26 bits per heavy atom. The van der Waals surface area contributed by atoms with E-state index in [9.17, 15) is 4.79 Å². The Kier molecular flexibility index (Phi) is 3.98.